The van der Waals surface area contributed by atoms with Gasteiger partial charge in [-0.1, -0.05) is 30.7 Å². The van der Waals surface area contributed by atoms with Gasteiger partial charge in [0.25, 0.3) is 0 Å². The highest BCUT2D eigenvalue weighted by atomic mass is 35.5. The normalized spacial score (nSPS) is 15.8. The second-order valence-corrected chi connectivity index (χ2v) is 5.30. The Balaban J connectivity index is 2.76. The maximum absolute atomic E-state index is 12.2. The predicted molar refractivity (Wildman–Crippen MR) is 75.5 cm³/mol. The molecule has 0 saturated carbocycles. The number of nitrogens with one attached hydrogen (secondary N) is 1. The minimum atomic E-state index is -0.507. The van der Waals surface area contributed by atoms with Gasteiger partial charge in [0, 0.05) is 11.6 Å². The molecule has 2 atom stereocenters. The third kappa shape index (κ3) is 3.47. The Morgan fingerprint density at radius 1 is 1.56 bits per heavy atom. The Bertz CT molecular complexity index is 416. The number of carbonyl (C=O) groups is 1. The number of hydrogen-bond acceptors (Lipinski definition) is 2. The molecule has 0 aromatic heterocycles. The molecule has 0 heterocycles. The topological polar surface area (TPSA) is 55.1 Å². The molecule has 1 unspecified atom stereocenters. The SMILES string of the molecule is CCC(C)(CN)C(=O)N[C@@H](C)c1cccc(Cl)c1. The maximum atomic E-state index is 12.2. The van der Waals surface area contributed by atoms with Crippen molar-refractivity contribution >= 4 is 17.5 Å². The zero-order valence-corrected chi connectivity index (χ0v) is 11.9. The van der Waals surface area contributed by atoms with E-state index in [0.717, 1.165) is 12.0 Å². The van der Waals surface area contributed by atoms with E-state index in [1.807, 2.05) is 45.0 Å². The first-order chi connectivity index (χ1) is 8.42. The van der Waals surface area contributed by atoms with Crippen LogP contribution in [0.5, 0.6) is 0 Å². The van der Waals surface area contributed by atoms with Crippen LogP contribution in [0.3, 0.4) is 0 Å². The first kappa shape index (κ1) is 15.0. The fraction of sp³-hybridized carbons (Fsp3) is 0.500. The van der Waals surface area contributed by atoms with Crippen LogP contribution in [0, 0.1) is 5.41 Å². The van der Waals surface area contributed by atoms with E-state index in [0.29, 0.717) is 11.6 Å². The van der Waals surface area contributed by atoms with Crippen LogP contribution in [0.1, 0.15) is 38.8 Å². The summed E-state index contributed by atoms with van der Waals surface area (Å²) in [7, 11) is 0. The number of rotatable bonds is 5. The number of amides is 1. The smallest absolute Gasteiger partial charge is 0.227 e. The van der Waals surface area contributed by atoms with Gasteiger partial charge < -0.3 is 11.1 Å². The van der Waals surface area contributed by atoms with Crippen molar-refractivity contribution in [3.05, 3.63) is 34.9 Å². The molecular weight excluding hydrogens is 248 g/mol. The second-order valence-electron chi connectivity index (χ2n) is 4.87. The summed E-state index contributed by atoms with van der Waals surface area (Å²) in [5.41, 5.74) is 6.16. The Labute approximate surface area is 114 Å². The monoisotopic (exact) mass is 268 g/mol. The molecule has 100 valence electrons. The Kier molecular flexibility index (Phi) is 5.17. The van der Waals surface area contributed by atoms with Gasteiger partial charge >= 0.3 is 0 Å². The highest BCUT2D eigenvalue weighted by Crippen LogP contribution is 2.22. The van der Waals surface area contributed by atoms with Crippen molar-refractivity contribution in [2.45, 2.75) is 33.2 Å². The zero-order chi connectivity index (χ0) is 13.8. The van der Waals surface area contributed by atoms with Crippen LogP contribution in [0.2, 0.25) is 5.02 Å². The molecular formula is C14H21ClN2O. The molecule has 18 heavy (non-hydrogen) atoms. The highest BCUT2D eigenvalue weighted by molar-refractivity contribution is 6.30. The molecule has 3 N–H and O–H groups in total. The van der Waals surface area contributed by atoms with Gasteiger partial charge in [-0.05, 0) is 38.0 Å². The zero-order valence-electron chi connectivity index (χ0n) is 11.2. The van der Waals surface area contributed by atoms with Crippen molar-refractivity contribution in [1.82, 2.24) is 5.32 Å². The van der Waals surface area contributed by atoms with Crippen LogP contribution >= 0.6 is 11.6 Å². The second kappa shape index (κ2) is 6.21. The molecule has 1 aromatic carbocycles. The van der Waals surface area contributed by atoms with E-state index >= 15 is 0 Å². The number of hydrogen-bond donors (Lipinski definition) is 2. The molecule has 1 aromatic rings. The lowest BCUT2D eigenvalue weighted by Gasteiger charge is -2.27. The van der Waals surface area contributed by atoms with E-state index in [2.05, 4.69) is 5.32 Å². The maximum Gasteiger partial charge on any atom is 0.227 e. The number of benzene rings is 1. The van der Waals surface area contributed by atoms with Gasteiger partial charge in [-0.25, -0.2) is 0 Å². The summed E-state index contributed by atoms with van der Waals surface area (Å²) in [6.45, 7) is 6.14. The van der Waals surface area contributed by atoms with Crippen molar-refractivity contribution < 1.29 is 4.79 Å². The number of nitrogens with two attached hydrogens (primary N) is 1. The van der Waals surface area contributed by atoms with Gasteiger partial charge in [0.1, 0.15) is 0 Å². The van der Waals surface area contributed by atoms with E-state index < -0.39 is 5.41 Å². The van der Waals surface area contributed by atoms with Crippen molar-refractivity contribution in [3.8, 4) is 0 Å². The molecule has 0 radical (unpaired) electrons. The first-order valence-electron chi connectivity index (χ1n) is 6.19. The molecule has 4 heteroatoms. The van der Waals surface area contributed by atoms with Crippen molar-refractivity contribution in [3.63, 3.8) is 0 Å². The summed E-state index contributed by atoms with van der Waals surface area (Å²) in [5, 5.41) is 3.66. The minimum absolute atomic E-state index is 0.0139. The largest absolute Gasteiger partial charge is 0.349 e. The van der Waals surface area contributed by atoms with E-state index in [9.17, 15) is 4.79 Å². The van der Waals surface area contributed by atoms with Crippen LogP contribution in [-0.4, -0.2) is 12.5 Å². The molecule has 0 aliphatic carbocycles. The molecule has 0 fully saturated rings. The molecule has 0 aliphatic rings. The van der Waals surface area contributed by atoms with E-state index in [1.165, 1.54) is 0 Å². The van der Waals surface area contributed by atoms with Crippen LogP contribution < -0.4 is 11.1 Å². The molecule has 3 nitrogen and oxygen atoms in total. The van der Waals surface area contributed by atoms with Gasteiger partial charge in [0.15, 0.2) is 0 Å². The minimum Gasteiger partial charge on any atom is -0.349 e. The average molecular weight is 269 g/mol. The Morgan fingerprint density at radius 3 is 2.72 bits per heavy atom. The van der Waals surface area contributed by atoms with Crippen LogP contribution in [0.15, 0.2) is 24.3 Å². The fourth-order valence-corrected chi connectivity index (χ4v) is 1.83. The number of carbonyl (C=O) groups excluding carboxylic acids is 1. The van der Waals surface area contributed by atoms with Crippen molar-refractivity contribution in [2.24, 2.45) is 11.1 Å². The lowest BCUT2D eigenvalue weighted by atomic mass is 9.86. The third-order valence-electron chi connectivity index (χ3n) is 3.48. The van der Waals surface area contributed by atoms with E-state index in [1.54, 1.807) is 0 Å². The summed E-state index contributed by atoms with van der Waals surface area (Å²) >= 11 is 5.94. The molecule has 0 aliphatic heterocycles. The van der Waals surface area contributed by atoms with Crippen LogP contribution in [-0.2, 0) is 4.79 Å². The first-order valence-corrected chi connectivity index (χ1v) is 6.57. The van der Waals surface area contributed by atoms with Crippen molar-refractivity contribution in [1.29, 1.82) is 0 Å². The lowest BCUT2D eigenvalue weighted by Crippen LogP contribution is -2.44. The summed E-state index contributed by atoms with van der Waals surface area (Å²) in [5.74, 6) is -0.0139. The van der Waals surface area contributed by atoms with Gasteiger partial charge in [0.2, 0.25) is 5.91 Å². The van der Waals surface area contributed by atoms with Crippen LogP contribution in [0.25, 0.3) is 0 Å². The molecule has 0 bridgehead atoms. The molecule has 1 amide bonds. The summed E-state index contributed by atoms with van der Waals surface area (Å²) in [4.78, 5) is 12.2. The number of halogens is 1. The predicted octanol–water partition coefficient (Wildman–Crippen LogP) is 2.89. The van der Waals surface area contributed by atoms with Gasteiger partial charge in [-0.2, -0.15) is 0 Å². The molecule has 0 spiro atoms. The summed E-state index contributed by atoms with van der Waals surface area (Å²) < 4.78 is 0. The van der Waals surface area contributed by atoms with Crippen LogP contribution in [0.4, 0.5) is 0 Å². The average Bonchev–Trinajstić information content (AvgIpc) is 2.37. The van der Waals surface area contributed by atoms with E-state index in [-0.39, 0.29) is 11.9 Å². The van der Waals surface area contributed by atoms with Crippen molar-refractivity contribution in [2.75, 3.05) is 6.54 Å². The third-order valence-corrected chi connectivity index (χ3v) is 3.71. The fourth-order valence-electron chi connectivity index (χ4n) is 1.63. The van der Waals surface area contributed by atoms with E-state index in [4.69, 9.17) is 17.3 Å². The van der Waals surface area contributed by atoms with Gasteiger partial charge in [-0.15, -0.1) is 0 Å². The van der Waals surface area contributed by atoms with Gasteiger partial charge in [-0.3, -0.25) is 4.79 Å². The summed E-state index contributed by atoms with van der Waals surface area (Å²) in [6.07, 6.45) is 0.720. The Morgan fingerprint density at radius 2 is 2.22 bits per heavy atom. The highest BCUT2D eigenvalue weighted by Gasteiger charge is 2.30. The van der Waals surface area contributed by atoms with Gasteiger partial charge in [0.05, 0.1) is 11.5 Å². The molecule has 0 saturated heterocycles. The lowest BCUT2D eigenvalue weighted by molar-refractivity contribution is -0.130. The Hall–Kier alpha value is -1.06. The standard InChI is InChI=1S/C14H21ClN2O/c1-4-14(3,9-16)13(18)17-10(2)11-6-5-7-12(15)8-11/h5-8,10H,4,9,16H2,1-3H3,(H,17,18)/t10-,14?/m0/s1. The summed E-state index contributed by atoms with van der Waals surface area (Å²) in [6, 6.07) is 7.42. The molecule has 1 rings (SSSR count). The quantitative estimate of drug-likeness (QED) is 0.863.